The number of hydrogen-bond donors (Lipinski definition) is 1. The molecule has 2 aromatic rings. The van der Waals surface area contributed by atoms with Crippen LogP contribution in [-0.2, 0) is 0 Å². The maximum atomic E-state index is 5.92. The molecule has 0 saturated heterocycles. The van der Waals surface area contributed by atoms with Gasteiger partial charge in [-0.15, -0.1) is 11.3 Å². The van der Waals surface area contributed by atoms with Crippen molar-refractivity contribution in [1.82, 2.24) is 4.98 Å². The van der Waals surface area contributed by atoms with Gasteiger partial charge in [-0.2, -0.15) is 0 Å². The molecule has 1 unspecified atom stereocenters. The van der Waals surface area contributed by atoms with Crippen molar-refractivity contribution >= 4 is 28.6 Å². The van der Waals surface area contributed by atoms with E-state index in [2.05, 4.69) is 17.2 Å². The Balaban J connectivity index is 2.15. The highest BCUT2D eigenvalue weighted by Crippen LogP contribution is 2.31. The van der Waals surface area contributed by atoms with Crippen molar-refractivity contribution in [1.29, 1.82) is 0 Å². The van der Waals surface area contributed by atoms with E-state index in [1.54, 1.807) is 24.6 Å². The maximum Gasteiger partial charge on any atom is 0.237 e. The normalized spacial score (nSPS) is 12.2. The van der Waals surface area contributed by atoms with Gasteiger partial charge in [0.1, 0.15) is 0 Å². The number of methoxy groups -OCH3 is 1. The van der Waals surface area contributed by atoms with Crippen molar-refractivity contribution in [3.05, 3.63) is 39.7 Å². The number of halogens is 1. The predicted octanol–water partition coefficient (Wildman–Crippen LogP) is 3.98. The van der Waals surface area contributed by atoms with Crippen molar-refractivity contribution < 1.29 is 4.74 Å². The average molecular weight is 269 g/mol. The molecule has 1 atom stereocenters. The highest BCUT2D eigenvalue weighted by Gasteiger charge is 2.11. The second-order valence-electron chi connectivity index (χ2n) is 3.57. The minimum atomic E-state index is 0.172. The minimum Gasteiger partial charge on any atom is -0.480 e. The molecular weight excluding hydrogens is 256 g/mol. The average Bonchev–Trinajstić information content (AvgIpc) is 2.77. The van der Waals surface area contributed by atoms with E-state index < -0.39 is 0 Å². The zero-order valence-corrected chi connectivity index (χ0v) is 11.2. The molecule has 0 saturated carbocycles. The van der Waals surface area contributed by atoms with Crippen molar-refractivity contribution in [2.24, 2.45) is 0 Å². The third-order valence-electron chi connectivity index (χ3n) is 2.36. The van der Waals surface area contributed by atoms with E-state index in [-0.39, 0.29) is 6.04 Å². The molecule has 17 heavy (non-hydrogen) atoms. The van der Waals surface area contributed by atoms with E-state index in [4.69, 9.17) is 16.3 Å². The van der Waals surface area contributed by atoms with Crippen LogP contribution in [0.3, 0.4) is 0 Å². The van der Waals surface area contributed by atoms with Crippen LogP contribution in [0.1, 0.15) is 17.8 Å². The van der Waals surface area contributed by atoms with E-state index in [1.807, 2.05) is 24.3 Å². The largest absolute Gasteiger partial charge is 0.480 e. The molecule has 0 fully saturated rings. The van der Waals surface area contributed by atoms with Gasteiger partial charge in [-0.3, -0.25) is 0 Å². The first-order valence-corrected chi connectivity index (χ1v) is 6.41. The Morgan fingerprint density at radius 2 is 2.24 bits per heavy atom. The molecule has 5 heteroatoms. The van der Waals surface area contributed by atoms with Crippen LogP contribution in [0.5, 0.6) is 5.88 Å². The molecule has 0 radical (unpaired) electrons. The van der Waals surface area contributed by atoms with Gasteiger partial charge >= 0.3 is 0 Å². The number of nitrogens with one attached hydrogen (secondary N) is 1. The van der Waals surface area contributed by atoms with Gasteiger partial charge in [0.05, 0.1) is 23.2 Å². The minimum absolute atomic E-state index is 0.172. The van der Waals surface area contributed by atoms with Crippen molar-refractivity contribution in [3.63, 3.8) is 0 Å². The molecule has 0 spiro atoms. The summed E-state index contributed by atoms with van der Waals surface area (Å²) in [6.07, 6.45) is 1.71. The number of aromatic nitrogens is 1. The fraction of sp³-hybridized carbons (Fsp3) is 0.250. The van der Waals surface area contributed by atoms with E-state index >= 15 is 0 Å². The first kappa shape index (κ1) is 12.2. The molecule has 1 N–H and O–H groups in total. The molecule has 0 amide bonds. The molecule has 0 aliphatic carbocycles. The quantitative estimate of drug-likeness (QED) is 0.911. The lowest BCUT2D eigenvalue weighted by molar-refractivity contribution is 0.399. The first-order chi connectivity index (χ1) is 8.20. The summed E-state index contributed by atoms with van der Waals surface area (Å²) in [5.74, 6) is 0.599. The Morgan fingerprint density at radius 3 is 2.88 bits per heavy atom. The Morgan fingerprint density at radius 1 is 1.41 bits per heavy atom. The summed E-state index contributed by atoms with van der Waals surface area (Å²) in [4.78, 5) is 5.32. The number of ether oxygens (including phenoxy) is 1. The number of hydrogen-bond acceptors (Lipinski definition) is 4. The Bertz CT molecular complexity index is 501. The molecule has 3 nitrogen and oxygen atoms in total. The van der Waals surface area contributed by atoms with Crippen molar-refractivity contribution in [3.8, 4) is 5.88 Å². The molecule has 0 bridgehead atoms. The molecule has 90 valence electrons. The first-order valence-electron chi connectivity index (χ1n) is 5.21. The highest BCUT2D eigenvalue weighted by atomic mass is 35.5. The Kier molecular flexibility index (Phi) is 3.86. The molecule has 0 aliphatic rings. The molecule has 0 aliphatic heterocycles. The summed E-state index contributed by atoms with van der Waals surface area (Å²) in [6.45, 7) is 2.08. The van der Waals surface area contributed by atoms with Gasteiger partial charge in [0.15, 0.2) is 0 Å². The lowest BCUT2D eigenvalue weighted by Gasteiger charge is -2.15. The van der Waals surface area contributed by atoms with E-state index in [1.165, 1.54) is 4.88 Å². The van der Waals surface area contributed by atoms with Crippen LogP contribution in [-0.4, -0.2) is 12.1 Å². The van der Waals surface area contributed by atoms with Crippen LogP contribution in [0.2, 0.25) is 4.34 Å². The number of thiophene rings is 1. The highest BCUT2D eigenvalue weighted by molar-refractivity contribution is 7.16. The van der Waals surface area contributed by atoms with Crippen LogP contribution in [0, 0.1) is 0 Å². The lowest BCUT2D eigenvalue weighted by Crippen LogP contribution is -2.06. The van der Waals surface area contributed by atoms with Gasteiger partial charge in [-0.25, -0.2) is 4.98 Å². The molecule has 0 aromatic carbocycles. The number of anilines is 1. The lowest BCUT2D eigenvalue weighted by atomic mass is 10.2. The molecular formula is C12H13ClN2OS. The number of nitrogens with zero attached hydrogens (tertiary/aromatic N) is 1. The maximum absolute atomic E-state index is 5.92. The topological polar surface area (TPSA) is 34.1 Å². The second-order valence-corrected chi connectivity index (χ2v) is 5.31. The van der Waals surface area contributed by atoms with Gasteiger partial charge in [-0.1, -0.05) is 11.6 Å². The van der Waals surface area contributed by atoms with Gasteiger partial charge < -0.3 is 10.1 Å². The molecule has 2 rings (SSSR count). The van der Waals surface area contributed by atoms with Crippen LogP contribution in [0.25, 0.3) is 0 Å². The van der Waals surface area contributed by atoms with Gasteiger partial charge in [0, 0.05) is 11.1 Å². The van der Waals surface area contributed by atoms with Crippen molar-refractivity contribution in [2.45, 2.75) is 13.0 Å². The van der Waals surface area contributed by atoms with E-state index in [0.29, 0.717) is 5.88 Å². The standard InChI is InChI=1S/C12H13ClN2OS/c1-8(10-5-6-11(13)17-10)15-9-4-3-7-14-12(9)16-2/h3-8,15H,1-2H3. The molecule has 2 heterocycles. The van der Waals surface area contributed by atoms with Gasteiger partial charge in [-0.05, 0) is 31.2 Å². The summed E-state index contributed by atoms with van der Waals surface area (Å²) >= 11 is 7.49. The van der Waals surface area contributed by atoms with Gasteiger partial charge in [0.25, 0.3) is 0 Å². The zero-order valence-electron chi connectivity index (χ0n) is 9.61. The smallest absolute Gasteiger partial charge is 0.237 e. The Labute approximate surface area is 109 Å². The SMILES string of the molecule is COc1ncccc1NC(C)c1ccc(Cl)s1. The Hall–Kier alpha value is -1.26. The summed E-state index contributed by atoms with van der Waals surface area (Å²) in [6, 6.07) is 7.91. The van der Waals surface area contributed by atoms with Gasteiger partial charge in [0.2, 0.25) is 5.88 Å². The molecule has 2 aromatic heterocycles. The van der Waals surface area contributed by atoms with E-state index in [0.717, 1.165) is 10.0 Å². The zero-order chi connectivity index (χ0) is 12.3. The van der Waals surface area contributed by atoms with Crippen LogP contribution in [0.15, 0.2) is 30.5 Å². The van der Waals surface area contributed by atoms with Crippen LogP contribution in [0.4, 0.5) is 5.69 Å². The third-order valence-corrected chi connectivity index (χ3v) is 3.77. The summed E-state index contributed by atoms with van der Waals surface area (Å²) in [5.41, 5.74) is 0.882. The second kappa shape index (κ2) is 5.38. The number of pyridine rings is 1. The summed E-state index contributed by atoms with van der Waals surface area (Å²) in [5, 5.41) is 3.36. The fourth-order valence-electron chi connectivity index (χ4n) is 1.53. The van der Waals surface area contributed by atoms with Crippen molar-refractivity contribution in [2.75, 3.05) is 12.4 Å². The monoisotopic (exact) mass is 268 g/mol. The third kappa shape index (κ3) is 2.90. The van der Waals surface area contributed by atoms with E-state index in [9.17, 15) is 0 Å². The van der Waals surface area contributed by atoms with Crippen LogP contribution < -0.4 is 10.1 Å². The number of rotatable bonds is 4. The fourth-order valence-corrected chi connectivity index (χ4v) is 2.59. The van der Waals surface area contributed by atoms with Crippen LogP contribution >= 0.6 is 22.9 Å². The summed E-state index contributed by atoms with van der Waals surface area (Å²) in [7, 11) is 1.61. The summed E-state index contributed by atoms with van der Waals surface area (Å²) < 4.78 is 5.99. The predicted molar refractivity (Wildman–Crippen MR) is 72.2 cm³/mol.